The number of carbonyl (C=O) groups excluding carboxylic acids is 1. The monoisotopic (exact) mass is 363 g/mol. The van der Waals surface area contributed by atoms with Crippen LogP contribution in [0.3, 0.4) is 0 Å². The quantitative estimate of drug-likeness (QED) is 0.886. The van der Waals surface area contributed by atoms with Gasteiger partial charge in [0.15, 0.2) is 11.5 Å². The Kier molecular flexibility index (Phi) is 4.20. The van der Waals surface area contributed by atoms with Gasteiger partial charge in [-0.15, -0.1) is 0 Å². The van der Waals surface area contributed by atoms with E-state index in [1.165, 1.54) is 0 Å². The molecule has 0 saturated heterocycles. The fraction of sp³-hybridized carbons (Fsp3) is 0.188. The van der Waals surface area contributed by atoms with Crippen molar-refractivity contribution in [2.75, 3.05) is 6.79 Å². The molecule has 2 aromatic rings. The van der Waals surface area contributed by atoms with E-state index in [9.17, 15) is 4.79 Å². The van der Waals surface area contributed by atoms with Crippen LogP contribution in [0.15, 0.2) is 40.9 Å². The molecule has 114 valence electrons. The Bertz CT molecular complexity index is 700. The maximum Gasteiger partial charge on any atom is 0.231 e. The highest BCUT2D eigenvalue weighted by atomic mass is 79.9. The summed E-state index contributed by atoms with van der Waals surface area (Å²) in [7, 11) is 0. The number of fused-ring (bicyclic) bond motifs is 1. The van der Waals surface area contributed by atoms with Crippen molar-refractivity contribution < 1.29 is 19.0 Å². The topological polar surface area (TPSA) is 70.8 Å². The smallest absolute Gasteiger partial charge is 0.231 e. The molecule has 22 heavy (non-hydrogen) atoms. The lowest BCUT2D eigenvalue weighted by molar-refractivity contribution is -0.117. The second-order valence-electron chi connectivity index (χ2n) is 4.87. The van der Waals surface area contributed by atoms with Gasteiger partial charge in [-0.25, -0.2) is 0 Å². The van der Waals surface area contributed by atoms with Gasteiger partial charge in [-0.2, -0.15) is 0 Å². The molecule has 3 rings (SSSR count). The van der Waals surface area contributed by atoms with Crippen LogP contribution in [-0.4, -0.2) is 12.7 Å². The summed E-state index contributed by atoms with van der Waals surface area (Å²) < 4.78 is 17.3. The number of carbonyl (C=O) groups is 1. The van der Waals surface area contributed by atoms with Crippen LogP contribution in [0.4, 0.5) is 0 Å². The molecule has 0 saturated carbocycles. The van der Waals surface area contributed by atoms with Gasteiger partial charge in [0.05, 0.1) is 6.42 Å². The highest BCUT2D eigenvalue weighted by Crippen LogP contribution is 2.37. The lowest BCUT2D eigenvalue weighted by Gasteiger charge is -2.09. The van der Waals surface area contributed by atoms with Crippen molar-refractivity contribution in [2.45, 2.75) is 13.0 Å². The third kappa shape index (κ3) is 3.33. The molecule has 2 N–H and O–H groups in total. The maximum atomic E-state index is 10.9. The van der Waals surface area contributed by atoms with Crippen LogP contribution in [0.5, 0.6) is 17.2 Å². The van der Waals surface area contributed by atoms with Gasteiger partial charge in [-0.3, -0.25) is 4.79 Å². The van der Waals surface area contributed by atoms with Crippen LogP contribution in [-0.2, 0) is 17.8 Å². The first kappa shape index (κ1) is 14.7. The Labute approximate surface area is 136 Å². The predicted molar refractivity (Wildman–Crippen MR) is 83.9 cm³/mol. The van der Waals surface area contributed by atoms with Crippen LogP contribution in [0, 0.1) is 0 Å². The zero-order valence-electron chi connectivity index (χ0n) is 11.7. The van der Waals surface area contributed by atoms with Crippen molar-refractivity contribution >= 4 is 21.8 Å². The van der Waals surface area contributed by atoms with Gasteiger partial charge in [0, 0.05) is 10.0 Å². The van der Waals surface area contributed by atoms with Gasteiger partial charge in [-0.1, -0.05) is 28.1 Å². The number of amides is 1. The number of rotatable bonds is 5. The summed E-state index contributed by atoms with van der Waals surface area (Å²) in [4.78, 5) is 10.9. The molecule has 5 nitrogen and oxygen atoms in total. The summed E-state index contributed by atoms with van der Waals surface area (Å²) >= 11 is 3.50. The first-order valence-corrected chi connectivity index (χ1v) is 7.49. The number of hydrogen-bond donors (Lipinski definition) is 1. The molecule has 1 amide bonds. The van der Waals surface area contributed by atoms with E-state index in [4.69, 9.17) is 19.9 Å². The molecule has 0 aromatic heterocycles. The molecular weight excluding hydrogens is 350 g/mol. The Morgan fingerprint density at radius 3 is 2.55 bits per heavy atom. The summed E-state index contributed by atoms with van der Waals surface area (Å²) in [6.07, 6.45) is 0.230. The van der Waals surface area contributed by atoms with Crippen molar-refractivity contribution in [2.24, 2.45) is 5.73 Å². The number of benzene rings is 2. The Morgan fingerprint density at radius 2 is 1.86 bits per heavy atom. The van der Waals surface area contributed by atoms with E-state index < -0.39 is 0 Å². The van der Waals surface area contributed by atoms with Gasteiger partial charge in [0.25, 0.3) is 0 Å². The lowest BCUT2D eigenvalue weighted by Crippen LogP contribution is -2.13. The molecule has 0 fully saturated rings. The largest absolute Gasteiger partial charge is 0.489 e. The highest BCUT2D eigenvalue weighted by Gasteiger charge is 2.16. The fourth-order valence-corrected chi connectivity index (χ4v) is 2.57. The summed E-state index contributed by atoms with van der Waals surface area (Å²) in [5.41, 5.74) is 6.99. The van der Waals surface area contributed by atoms with Crippen molar-refractivity contribution in [1.29, 1.82) is 0 Å². The number of halogens is 1. The van der Waals surface area contributed by atoms with Crippen LogP contribution in [0.2, 0.25) is 0 Å². The summed E-state index contributed by atoms with van der Waals surface area (Å²) in [6, 6.07) is 11.1. The molecule has 0 unspecified atom stereocenters. The minimum Gasteiger partial charge on any atom is -0.489 e. The van der Waals surface area contributed by atoms with E-state index >= 15 is 0 Å². The molecule has 1 aliphatic rings. The van der Waals surface area contributed by atoms with E-state index in [0.717, 1.165) is 32.8 Å². The van der Waals surface area contributed by atoms with Gasteiger partial charge < -0.3 is 19.9 Å². The molecule has 0 bridgehead atoms. The standard InChI is InChI=1S/C16H14BrNO4/c17-13-7-15-14(21-9-22-15)6-11(13)8-20-12-3-1-10(2-4-12)5-16(18)19/h1-4,6-7H,5,8-9H2,(H2,18,19). The third-order valence-corrected chi connectivity index (χ3v) is 3.98. The number of nitrogens with two attached hydrogens (primary N) is 1. The minimum atomic E-state index is -0.349. The van der Waals surface area contributed by atoms with Gasteiger partial charge in [-0.05, 0) is 29.8 Å². The van der Waals surface area contributed by atoms with Crippen LogP contribution in [0.25, 0.3) is 0 Å². The maximum absolute atomic E-state index is 10.9. The normalized spacial score (nSPS) is 12.2. The van der Waals surface area contributed by atoms with Crippen molar-refractivity contribution in [1.82, 2.24) is 0 Å². The summed E-state index contributed by atoms with van der Waals surface area (Å²) in [5, 5.41) is 0. The number of hydrogen-bond acceptors (Lipinski definition) is 4. The number of ether oxygens (including phenoxy) is 3. The molecule has 0 atom stereocenters. The van der Waals surface area contributed by atoms with Gasteiger partial charge in [0.2, 0.25) is 12.7 Å². The molecular formula is C16H14BrNO4. The van der Waals surface area contributed by atoms with Crippen molar-refractivity contribution in [3.05, 3.63) is 52.0 Å². The molecule has 0 spiro atoms. The summed E-state index contributed by atoms with van der Waals surface area (Å²) in [5.74, 6) is 1.82. The van der Waals surface area contributed by atoms with Crippen LogP contribution >= 0.6 is 15.9 Å². The van der Waals surface area contributed by atoms with Crippen molar-refractivity contribution in [3.63, 3.8) is 0 Å². The SMILES string of the molecule is NC(=O)Cc1ccc(OCc2cc3c(cc2Br)OCO3)cc1. The van der Waals surface area contributed by atoms with Crippen LogP contribution < -0.4 is 19.9 Å². The zero-order chi connectivity index (χ0) is 15.5. The van der Waals surface area contributed by atoms with Crippen LogP contribution in [0.1, 0.15) is 11.1 Å². The van der Waals surface area contributed by atoms with E-state index in [1.54, 1.807) is 0 Å². The zero-order valence-corrected chi connectivity index (χ0v) is 13.3. The first-order chi connectivity index (χ1) is 10.6. The second kappa shape index (κ2) is 6.27. The molecule has 6 heteroatoms. The Hall–Kier alpha value is -2.21. The average molecular weight is 364 g/mol. The first-order valence-electron chi connectivity index (χ1n) is 6.70. The summed E-state index contributed by atoms with van der Waals surface area (Å²) in [6.45, 7) is 0.639. The fourth-order valence-electron chi connectivity index (χ4n) is 2.14. The predicted octanol–water partition coefficient (Wildman–Crippen LogP) is 2.78. The molecule has 0 aliphatic carbocycles. The lowest BCUT2D eigenvalue weighted by atomic mass is 10.1. The van der Waals surface area contributed by atoms with E-state index in [1.807, 2.05) is 36.4 Å². The second-order valence-corrected chi connectivity index (χ2v) is 5.73. The van der Waals surface area contributed by atoms with E-state index in [0.29, 0.717) is 6.61 Å². The van der Waals surface area contributed by atoms with E-state index in [2.05, 4.69) is 15.9 Å². The minimum absolute atomic E-state index is 0.230. The van der Waals surface area contributed by atoms with Gasteiger partial charge >= 0.3 is 0 Å². The number of primary amides is 1. The Balaban J connectivity index is 1.66. The molecule has 0 radical (unpaired) electrons. The van der Waals surface area contributed by atoms with Gasteiger partial charge in [0.1, 0.15) is 12.4 Å². The highest BCUT2D eigenvalue weighted by molar-refractivity contribution is 9.10. The molecule has 1 heterocycles. The Morgan fingerprint density at radius 1 is 1.18 bits per heavy atom. The van der Waals surface area contributed by atoms with E-state index in [-0.39, 0.29) is 19.1 Å². The third-order valence-electron chi connectivity index (χ3n) is 3.24. The molecule has 1 aliphatic heterocycles. The average Bonchev–Trinajstić information content (AvgIpc) is 2.92. The van der Waals surface area contributed by atoms with Crippen molar-refractivity contribution in [3.8, 4) is 17.2 Å². The molecule has 2 aromatic carbocycles.